The molecule has 0 aromatic heterocycles. The first-order chi connectivity index (χ1) is 8.39. The van der Waals surface area contributed by atoms with Crippen LogP contribution in [0.5, 0.6) is 0 Å². The van der Waals surface area contributed by atoms with Crippen molar-refractivity contribution < 1.29 is 8.42 Å². The standard InChI is InChI=1S/C13H28N2O2S/c1-5-14-10-12(3)18(16,17)15(4)13-8-6-7-11(2)9-13/h11-14H,5-10H2,1-4H3. The molecule has 0 amide bonds. The van der Waals surface area contributed by atoms with Gasteiger partial charge in [-0.3, -0.25) is 0 Å². The molecule has 0 radical (unpaired) electrons. The van der Waals surface area contributed by atoms with Crippen LogP contribution >= 0.6 is 0 Å². The molecule has 0 heterocycles. The second kappa shape index (κ2) is 6.87. The van der Waals surface area contributed by atoms with E-state index in [9.17, 15) is 8.42 Å². The van der Waals surface area contributed by atoms with Gasteiger partial charge in [0, 0.05) is 19.6 Å². The second-order valence-corrected chi connectivity index (χ2v) is 8.02. The molecule has 1 aliphatic carbocycles. The third-order valence-corrected chi connectivity index (χ3v) is 6.30. The molecule has 4 nitrogen and oxygen atoms in total. The van der Waals surface area contributed by atoms with E-state index in [1.165, 1.54) is 6.42 Å². The monoisotopic (exact) mass is 276 g/mol. The van der Waals surface area contributed by atoms with Gasteiger partial charge in [-0.05, 0) is 32.2 Å². The summed E-state index contributed by atoms with van der Waals surface area (Å²) in [4.78, 5) is 0. The highest BCUT2D eigenvalue weighted by atomic mass is 32.2. The summed E-state index contributed by atoms with van der Waals surface area (Å²) in [7, 11) is -1.41. The molecule has 0 spiro atoms. The first-order valence-corrected chi connectivity index (χ1v) is 8.57. The van der Waals surface area contributed by atoms with Crippen molar-refractivity contribution in [2.45, 2.75) is 57.7 Å². The Morgan fingerprint density at radius 1 is 1.39 bits per heavy atom. The average molecular weight is 276 g/mol. The van der Waals surface area contributed by atoms with Crippen molar-refractivity contribution in [3.05, 3.63) is 0 Å². The van der Waals surface area contributed by atoms with E-state index in [-0.39, 0.29) is 11.3 Å². The van der Waals surface area contributed by atoms with Crippen molar-refractivity contribution in [1.29, 1.82) is 0 Å². The van der Waals surface area contributed by atoms with Gasteiger partial charge in [0.05, 0.1) is 5.25 Å². The lowest BCUT2D eigenvalue weighted by atomic mass is 9.87. The molecule has 18 heavy (non-hydrogen) atoms. The van der Waals surface area contributed by atoms with Gasteiger partial charge in [0.1, 0.15) is 0 Å². The fraction of sp³-hybridized carbons (Fsp3) is 1.00. The Balaban J connectivity index is 2.65. The maximum atomic E-state index is 12.4. The lowest BCUT2D eigenvalue weighted by Crippen LogP contribution is -2.46. The van der Waals surface area contributed by atoms with Gasteiger partial charge in [0.25, 0.3) is 0 Å². The summed E-state index contributed by atoms with van der Waals surface area (Å²) in [5.74, 6) is 0.644. The molecule has 108 valence electrons. The zero-order valence-corrected chi connectivity index (χ0v) is 13.0. The highest BCUT2D eigenvalue weighted by Gasteiger charge is 2.33. The highest BCUT2D eigenvalue weighted by Crippen LogP contribution is 2.28. The number of nitrogens with one attached hydrogen (secondary N) is 1. The summed E-state index contributed by atoms with van der Waals surface area (Å²) in [6.07, 6.45) is 4.39. The minimum absolute atomic E-state index is 0.197. The van der Waals surface area contributed by atoms with Gasteiger partial charge in [0.15, 0.2) is 0 Å². The van der Waals surface area contributed by atoms with Crippen LogP contribution in [0, 0.1) is 5.92 Å². The fourth-order valence-corrected chi connectivity index (χ4v) is 4.18. The average Bonchev–Trinajstić information content (AvgIpc) is 2.34. The predicted molar refractivity (Wildman–Crippen MR) is 76.1 cm³/mol. The summed E-state index contributed by atoms with van der Waals surface area (Å²) in [5.41, 5.74) is 0. The molecular weight excluding hydrogens is 248 g/mol. The van der Waals surface area contributed by atoms with Crippen LogP contribution in [0.2, 0.25) is 0 Å². The second-order valence-electron chi connectivity index (χ2n) is 5.61. The molecule has 0 aromatic carbocycles. The molecule has 1 saturated carbocycles. The molecule has 0 aliphatic heterocycles. The topological polar surface area (TPSA) is 49.4 Å². The van der Waals surface area contributed by atoms with Crippen LogP contribution < -0.4 is 5.32 Å². The first-order valence-electron chi connectivity index (χ1n) is 7.07. The van der Waals surface area contributed by atoms with Gasteiger partial charge in [-0.15, -0.1) is 0 Å². The molecular formula is C13H28N2O2S. The molecule has 3 atom stereocenters. The van der Waals surface area contributed by atoms with Crippen molar-refractivity contribution in [1.82, 2.24) is 9.62 Å². The molecule has 5 heteroatoms. The number of sulfonamides is 1. The van der Waals surface area contributed by atoms with Crippen molar-refractivity contribution in [2.24, 2.45) is 5.92 Å². The van der Waals surface area contributed by atoms with E-state index in [2.05, 4.69) is 12.2 Å². The van der Waals surface area contributed by atoms with Crippen LogP contribution in [0.15, 0.2) is 0 Å². The predicted octanol–water partition coefficient (Wildman–Crippen LogP) is 1.82. The maximum Gasteiger partial charge on any atom is 0.217 e. The number of nitrogens with zero attached hydrogens (tertiary/aromatic N) is 1. The van der Waals surface area contributed by atoms with E-state index >= 15 is 0 Å². The number of hydrogen-bond acceptors (Lipinski definition) is 3. The van der Waals surface area contributed by atoms with Crippen LogP contribution in [0.4, 0.5) is 0 Å². The van der Waals surface area contributed by atoms with Crippen LogP contribution in [0.25, 0.3) is 0 Å². The van der Waals surface area contributed by atoms with E-state index < -0.39 is 10.0 Å². The molecule has 1 N–H and O–H groups in total. The Morgan fingerprint density at radius 2 is 2.06 bits per heavy atom. The third kappa shape index (κ3) is 3.93. The summed E-state index contributed by atoms with van der Waals surface area (Å²) in [5, 5.41) is 2.77. The first kappa shape index (κ1) is 15.9. The van der Waals surface area contributed by atoms with E-state index in [0.717, 1.165) is 25.8 Å². The Morgan fingerprint density at radius 3 is 2.61 bits per heavy atom. The summed E-state index contributed by atoms with van der Waals surface area (Å²) in [6.45, 7) is 7.34. The van der Waals surface area contributed by atoms with Gasteiger partial charge in [-0.1, -0.05) is 26.7 Å². The Bertz CT molecular complexity index is 343. The van der Waals surface area contributed by atoms with Crippen molar-refractivity contribution in [3.8, 4) is 0 Å². The molecule has 0 saturated heterocycles. The molecule has 0 aromatic rings. The summed E-state index contributed by atoms with van der Waals surface area (Å²) < 4.78 is 26.5. The highest BCUT2D eigenvalue weighted by molar-refractivity contribution is 7.89. The largest absolute Gasteiger partial charge is 0.316 e. The van der Waals surface area contributed by atoms with Gasteiger partial charge in [0.2, 0.25) is 10.0 Å². The zero-order valence-electron chi connectivity index (χ0n) is 12.1. The van der Waals surface area contributed by atoms with Crippen LogP contribution in [-0.2, 0) is 10.0 Å². The van der Waals surface area contributed by atoms with E-state index in [4.69, 9.17) is 0 Å². The van der Waals surface area contributed by atoms with Crippen LogP contribution in [0.1, 0.15) is 46.5 Å². The Labute approximate surface area is 112 Å². The molecule has 1 fully saturated rings. The Hall–Kier alpha value is -0.130. The maximum absolute atomic E-state index is 12.4. The SMILES string of the molecule is CCNCC(C)S(=O)(=O)N(C)C1CCCC(C)C1. The van der Waals surface area contributed by atoms with Crippen molar-refractivity contribution >= 4 is 10.0 Å². The van der Waals surface area contributed by atoms with Crippen molar-refractivity contribution in [3.63, 3.8) is 0 Å². The smallest absolute Gasteiger partial charge is 0.217 e. The van der Waals surface area contributed by atoms with Gasteiger partial charge in [-0.2, -0.15) is 0 Å². The van der Waals surface area contributed by atoms with Gasteiger partial charge < -0.3 is 5.32 Å². The number of rotatable bonds is 6. The minimum atomic E-state index is -3.16. The van der Waals surface area contributed by atoms with E-state index in [1.807, 2.05) is 6.92 Å². The third-order valence-electron chi connectivity index (χ3n) is 4.01. The summed E-state index contributed by atoms with van der Waals surface area (Å²) in [6, 6.07) is 0.197. The van der Waals surface area contributed by atoms with Crippen LogP contribution in [-0.4, -0.2) is 44.2 Å². The minimum Gasteiger partial charge on any atom is -0.316 e. The van der Waals surface area contributed by atoms with Crippen molar-refractivity contribution in [2.75, 3.05) is 20.1 Å². The lowest BCUT2D eigenvalue weighted by molar-refractivity contribution is 0.237. The lowest BCUT2D eigenvalue weighted by Gasteiger charge is -2.34. The summed E-state index contributed by atoms with van der Waals surface area (Å²) >= 11 is 0. The molecule has 1 rings (SSSR count). The molecule has 3 unspecified atom stereocenters. The normalized spacial score (nSPS) is 27.4. The van der Waals surface area contributed by atoms with E-state index in [0.29, 0.717) is 12.5 Å². The van der Waals surface area contributed by atoms with E-state index in [1.54, 1.807) is 18.3 Å². The quantitative estimate of drug-likeness (QED) is 0.805. The molecule has 0 bridgehead atoms. The molecule has 1 aliphatic rings. The van der Waals surface area contributed by atoms with Gasteiger partial charge in [-0.25, -0.2) is 12.7 Å². The Kier molecular flexibility index (Phi) is 6.08. The number of hydrogen-bond donors (Lipinski definition) is 1. The zero-order chi connectivity index (χ0) is 13.8. The van der Waals surface area contributed by atoms with Crippen LogP contribution in [0.3, 0.4) is 0 Å². The fourth-order valence-electron chi connectivity index (χ4n) is 2.68. The van der Waals surface area contributed by atoms with Gasteiger partial charge >= 0.3 is 0 Å².